The van der Waals surface area contributed by atoms with Crippen molar-refractivity contribution < 1.29 is 14.3 Å². The van der Waals surface area contributed by atoms with Crippen molar-refractivity contribution >= 4 is 27.6 Å². The molecule has 1 amide bonds. The summed E-state index contributed by atoms with van der Waals surface area (Å²) in [6, 6.07) is 2.41. The molecule has 0 aliphatic heterocycles. The number of fused-ring (bicyclic) bond motifs is 3. The van der Waals surface area contributed by atoms with Crippen LogP contribution in [0, 0.1) is 11.3 Å². The van der Waals surface area contributed by atoms with Gasteiger partial charge in [-0.2, -0.15) is 5.26 Å². The first-order valence-electron chi connectivity index (χ1n) is 11.6. The van der Waals surface area contributed by atoms with E-state index in [4.69, 9.17) is 14.7 Å². The summed E-state index contributed by atoms with van der Waals surface area (Å²) in [4.78, 5) is 23.5. The normalized spacial score (nSPS) is 23.2. The molecule has 2 aromatic rings. The summed E-state index contributed by atoms with van der Waals surface area (Å²) in [6.07, 6.45) is 9.52. The average molecular weight is 457 g/mol. The molecule has 0 bridgehead atoms. The predicted molar refractivity (Wildman–Crippen MR) is 124 cm³/mol. The quantitative estimate of drug-likeness (QED) is 0.626. The topological polar surface area (TPSA) is 97.1 Å². The van der Waals surface area contributed by atoms with E-state index in [2.05, 4.69) is 21.4 Å². The zero-order chi connectivity index (χ0) is 22.7. The Morgan fingerprint density at radius 2 is 2.03 bits per heavy atom. The molecule has 2 aliphatic rings. The molecule has 2 heterocycles. The number of carbonyl (C=O) groups excluding carboxylic acids is 1. The Morgan fingerprint density at radius 1 is 1.25 bits per heavy atom. The Morgan fingerprint density at radius 3 is 2.75 bits per heavy atom. The summed E-state index contributed by atoms with van der Waals surface area (Å²) in [5.41, 5.74) is 0.829. The van der Waals surface area contributed by atoms with E-state index in [1.165, 1.54) is 10.4 Å². The van der Waals surface area contributed by atoms with Gasteiger partial charge in [-0.25, -0.2) is 14.8 Å². The highest BCUT2D eigenvalue weighted by molar-refractivity contribution is 7.18. The summed E-state index contributed by atoms with van der Waals surface area (Å²) in [5, 5.41) is 13.1. The van der Waals surface area contributed by atoms with Crippen LogP contribution in [0.3, 0.4) is 0 Å². The van der Waals surface area contributed by atoms with Gasteiger partial charge in [-0.15, -0.1) is 11.3 Å². The molecule has 1 fully saturated rings. The average Bonchev–Trinajstić information content (AvgIpc) is 3.12. The molecule has 4 rings (SSSR count). The number of carbonyl (C=O) groups is 1. The van der Waals surface area contributed by atoms with Crippen LogP contribution in [0.5, 0.6) is 5.88 Å². The lowest BCUT2D eigenvalue weighted by Crippen LogP contribution is -2.42. The lowest BCUT2D eigenvalue weighted by molar-refractivity contribution is 0.0470. The highest BCUT2D eigenvalue weighted by Gasteiger charge is 2.30. The lowest BCUT2D eigenvalue weighted by atomic mass is 9.83. The maximum absolute atomic E-state index is 12.1. The second kappa shape index (κ2) is 9.62. The minimum absolute atomic E-state index is 0.0708. The smallest absolute Gasteiger partial charge is 0.407 e. The van der Waals surface area contributed by atoms with Crippen molar-refractivity contribution in [2.24, 2.45) is 0 Å². The van der Waals surface area contributed by atoms with Crippen LogP contribution in [0.25, 0.3) is 10.2 Å². The van der Waals surface area contributed by atoms with Crippen LogP contribution in [0.4, 0.5) is 4.79 Å². The first-order valence-corrected chi connectivity index (χ1v) is 12.4. The van der Waals surface area contributed by atoms with Gasteiger partial charge in [0.25, 0.3) is 0 Å². The Hall–Kier alpha value is -2.40. The number of nitrogens with one attached hydrogen (secondary N) is 1. The third-order valence-electron chi connectivity index (χ3n) is 6.21. The van der Waals surface area contributed by atoms with Gasteiger partial charge < -0.3 is 14.8 Å². The molecule has 2 aliphatic carbocycles. The fourth-order valence-corrected chi connectivity index (χ4v) is 6.08. The minimum Gasteiger partial charge on any atom is -0.474 e. The molecule has 0 saturated heterocycles. The number of thiophene rings is 1. The number of rotatable bonds is 5. The molecule has 172 valence electrons. The van der Waals surface area contributed by atoms with Crippen LogP contribution in [0.2, 0.25) is 0 Å². The molecule has 2 aromatic heterocycles. The van der Waals surface area contributed by atoms with Gasteiger partial charge in [-0.05, 0) is 83.6 Å². The summed E-state index contributed by atoms with van der Waals surface area (Å²) < 4.78 is 11.8. The van der Waals surface area contributed by atoms with Crippen molar-refractivity contribution in [3.05, 3.63) is 16.8 Å². The van der Waals surface area contributed by atoms with Crippen LogP contribution in [0.15, 0.2) is 6.33 Å². The molecular weight excluding hydrogens is 424 g/mol. The van der Waals surface area contributed by atoms with E-state index in [-0.39, 0.29) is 18.2 Å². The van der Waals surface area contributed by atoms with Crippen LogP contribution in [-0.2, 0) is 11.2 Å². The van der Waals surface area contributed by atoms with Gasteiger partial charge in [-0.3, -0.25) is 0 Å². The maximum Gasteiger partial charge on any atom is 0.407 e. The predicted octanol–water partition coefficient (Wildman–Crippen LogP) is 5.63. The second-order valence-corrected chi connectivity index (χ2v) is 10.9. The lowest BCUT2D eigenvalue weighted by Gasteiger charge is -2.30. The molecule has 32 heavy (non-hydrogen) atoms. The van der Waals surface area contributed by atoms with E-state index in [0.717, 1.165) is 61.6 Å². The van der Waals surface area contributed by atoms with Gasteiger partial charge in [0.2, 0.25) is 5.88 Å². The van der Waals surface area contributed by atoms with Crippen LogP contribution >= 0.6 is 11.3 Å². The van der Waals surface area contributed by atoms with Crippen molar-refractivity contribution in [3.8, 4) is 11.9 Å². The number of hydrogen-bond donors (Lipinski definition) is 1. The minimum atomic E-state index is -0.493. The van der Waals surface area contributed by atoms with Gasteiger partial charge >= 0.3 is 6.09 Å². The first kappa shape index (κ1) is 22.8. The Labute approximate surface area is 193 Å². The van der Waals surface area contributed by atoms with Crippen molar-refractivity contribution in [1.82, 2.24) is 15.3 Å². The van der Waals surface area contributed by atoms with E-state index in [0.29, 0.717) is 18.2 Å². The van der Waals surface area contributed by atoms with E-state index in [9.17, 15) is 4.79 Å². The summed E-state index contributed by atoms with van der Waals surface area (Å²) in [7, 11) is 0. The number of nitrogens with zero attached hydrogens (tertiary/aromatic N) is 3. The molecule has 1 saturated carbocycles. The highest BCUT2D eigenvalue weighted by atomic mass is 32.1. The molecule has 0 spiro atoms. The van der Waals surface area contributed by atoms with E-state index < -0.39 is 5.60 Å². The van der Waals surface area contributed by atoms with Gasteiger partial charge in [-0.1, -0.05) is 0 Å². The molecule has 1 N–H and O–H groups in total. The zero-order valence-corrected chi connectivity index (χ0v) is 20.0. The Balaban J connectivity index is 1.44. The van der Waals surface area contributed by atoms with Crippen molar-refractivity contribution in [1.29, 1.82) is 5.26 Å². The molecular formula is C24H32N4O3S. The number of hydrogen-bond acceptors (Lipinski definition) is 7. The first-order chi connectivity index (χ1) is 15.3. The molecule has 0 aromatic carbocycles. The van der Waals surface area contributed by atoms with Crippen molar-refractivity contribution in [2.75, 3.05) is 0 Å². The second-order valence-electron chi connectivity index (χ2n) is 9.82. The maximum atomic E-state index is 12.1. The molecule has 7 nitrogen and oxygen atoms in total. The molecule has 0 radical (unpaired) electrons. The SMILES string of the molecule is CC(C)(C)OC(=O)N[C@H]1CC[C@H](Oc2ncnc3sc4c(c23)[C@@H](CCC#N)CCC4)CC1. The standard InChI is InChI=1S/C24H32N4O3S/c1-24(2,3)31-23(29)28-16-9-11-17(12-10-16)30-21-20-19-15(7-5-13-25)6-4-8-18(19)32-22(20)27-14-26-21/h14-17H,4-12H2,1-3H3,(H,28,29)/t15-,16-,17-/m1/s1. The number of aromatic nitrogens is 2. The van der Waals surface area contributed by atoms with Gasteiger partial charge in [0.1, 0.15) is 22.9 Å². The van der Waals surface area contributed by atoms with Gasteiger partial charge in [0, 0.05) is 17.3 Å². The number of ether oxygens (including phenoxy) is 2. The van der Waals surface area contributed by atoms with Crippen molar-refractivity contribution in [3.63, 3.8) is 0 Å². The highest BCUT2D eigenvalue weighted by Crippen LogP contribution is 2.46. The van der Waals surface area contributed by atoms with Gasteiger partial charge in [0.15, 0.2) is 0 Å². The Kier molecular flexibility index (Phi) is 6.85. The van der Waals surface area contributed by atoms with Crippen LogP contribution in [0.1, 0.15) is 88.5 Å². The summed E-state index contributed by atoms with van der Waals surface area (Å²) in [6.45, 7) is 5.61. The number of amides is 1. The zero-order valence-electron chi connectivity index (χ0n) is 19.1. The monoisotopic (exact) mass is 456 g/mol. The van der Waals surface area contributed by atoms with Crippen molar-refractivity contribution in [2.45, 2.75) is 102 Å². The molecule has 1 atom stereocenters. The molecule has 8 heteroatoms. The number of nitriles is 1. The number of aryl methyl sites for hydroxylation is 1. The van der Waals surface area contributed by atoms with E-state index in [1.807, 2.05) is 20.8 Å². The molecule has 0 unspecified atom stereocenters. The van der Waals surface area contributed by atoms with Crippen LogP contribution < -0.4 is 10.1 Å². The third kappa shape index (κ3) is 5.32. The summed E-state index contributed by atoms with van der Waals surface area (Å²) in [5.74, 6) is 1.06. The summed E-state index contributed by atoms with van der Waals surface area (Å²) >= 11 is 1.75. The fourth-order valence-electron chi connectivity index (χ4n) is 4.82. The van der Waals surface area contributed by atoms with E-state index in [1.54, 1.807) is 17.7 Å². The van der Waals surface area contributed by atoms with Gasteiger partial charge in [0.05, 0.1) is 11.5 Å². The fraction of sp³-hybridized carbons (Fsp3) is 0.667. The number of alkyl carbamates (subject to hydrolysis) is 1. The van der Waals surface area contributed by atoms with E-state index >= 15 is 0 Å². The largest absolute Gasteiger partial charge is 0.474 e. The third-order valence-corrected chi connectivity index (χ3v) is 7.38. The Bertz CT molecular complexity index is 999. The van der Waals surface area contributed by atoms with Crippen LogP contribution in [-0.4, -0.2) is 33.8 Å².